The second kappa shape index (κ2) is 4.84. The Labute approximate surface area is 98.8 Å². The highest BCUT2D eigenvalue weighted by Gasteiger charge is 2.12. The van der Waals surface area contributed by atoms with E-state index in [1.807, 2.05) is 13.0 Å². The van der Waals surface area contributed by atoms with Gasteiger partial charge in [-0.1, -0.05) is 51.1 Å². The number of benzene rings is 1. The molecule has 16 heavy (non-hydrogen) atoms. The summed E-state index contributed by atoms with van der Waals surface area (Å²) in [5, 5.41) is 9.29. The van der Waals surface area contributed by atoms with Gasteiger partial charge in [-0.15, -0.1) is 0 Å². The zero-order valence-electron chi connectivity index (χ0n) is 10.9. The lowest BCUT2D eigenvalue weighted by Gasteiger charge is -2.19. The van der Waals surface area contributed by atoms with Crippen LogP contribution in [0, 0.1) is 0 Å². The molecule has 1 atom stereocenters. The summed E-state index contributed by atoms with van der Waals surface area (Å²) in [6.45, 7) is 10.4. The molecular weight excluding hydrogens is 196 g/mol. The Morgan fingerprint density at radius 2 is 1.69 bits per heavy atom. The van der Waals surface area contributed by atoms with Gasteiger partial charge < -0.3 is 5.11 Å². The Bertz CT molecular complexity index is 363. The molecule has 88 valence electrons. The molecule has 1 unspecified atom stereocenters. The molecule has 0 aliphatic carbocycles. The highest BCUT2D eigenvalue weighted by atomic mass is 16.3. The summed E-state index contributed by atoms with van der Waals surface area (Å²) in [7, 11) is 0. The number of aliphatic hydroxyl groups excluding tert-OH is 1. The second-order valence-electron chi connectivity index (χ2n) is 5.42. The van der Waals surface area contributed by atoms with Crippen molar-refractivity contribution in [3.63, 3.8) is 0 Å². The zero-order chi connectivity index (χ0) is 12.3. The van der Waals surface area contributed by atoms with E-state index >= 15 is 0 Å². The van der Waals surface area contributed by atoms with Gasteiger partial charge >= 0.3 is 0 Å². The van der Waals surface area contributed by atoms with Crippen LogP contribution in [0.2, 0.25) is 0 Å². The van der Waals surface area contributed by atoms with Crippen molar-refractivity contribution in [2.24, 2.45) is 0 Å². The molecule has 1 aromatic carbocycles. The normalized spacial score (nSPS) is 15.0. The fourth-order valence-corrected chi connectivity index (χ4v) is 1.69. The van der Waals surface area contributed by atoms with Crippen molar-refractivity contribution in [2.75, 3.05) is 0 Å². The molecule has 0 saturated heterocycles. The van der Waals surface area contributed by atoms with Crippen molar-refractivity contribution in [1.29, 1.82) is 0 Å². The van der Waals surface area contributed by atoms with Crippen LogP contribution in [-0.4, -0.2) is 11.2 Å². The lowest BCUT2D eigenvalue weighted by Crippen LogP contribution is -2.10. The number of hydrogen-bond donors (Lipinski definition) is 1. The van der Waals surface area contributed by atoms with Crippen molar-refractivity contribution < 1.29 is 5.11 Å². The van der Waals surface area contributed by atoms with Crippen molar-refractivity contribution in [2.45, 2.75) is 46.1 Å². The summed E-state index contributed by atoms with van der Waals surface area (Å²) < 4.78 is 0. The van der Waals surface area contributed by atoms with Crippen molar-refractivity contribution in [1.82, 2.24) is 0 Å². The van der Waals surface area contributed by atoms with Gasteiger partial charge in [0.15, 0.2) is 0 Å². The highest BCUT2D eigenvalue weighted by molar-refractivity contribution is 5.64. The van der Waals surface area contributed by atoms with Crippen LogP contribution in [0.15, 0.2) is 30.3 Å². The Balaban J connectivity index is 2.96. The number of allylic oxidation sites excluding steroid dienone is 1. The van der Waals surface area contributed by atoms with E-state index in [1.165, 1.54) is 11.1 Å². The molecule has 0 heterocycles. The predicted molar refractivity (Wildman–Crippen MR) is 70.5 cm³/mol. The van der Waals surface area contributed by atoms with Crippen molar-refractivity contribution in [3.05, 3.63) is 41.5 Å². The first kappa shape index (κ1) is 13.0. The average Bonchev–Trinajstić information content (AvgIpc) is 2.15. The van der Waals surface area contributed by atoms with Gasteiger partial charge in [0.25, 0.3) is 0 Å². The van der Waals surface area contributed by atoms with Crippen LogP contribution in [-0.2, 0) is 5.41 Å². The van der Waals surface area contributed by atoms with Crippen molar-refractivity contribution in [3.8, 4) is 0 Å². The maximum absolute atomic E-state index is 9.29. The maximum Gasteiger partial charge on any atom is 0.0698 e. The van der Waals surface area contributed by atoms with Gasteiger partial charge in [-0.25, -0.2) is 0 Å². The first-order chi connectivity index (χ1) is 7.30. The van der Waals surface area contributed by atoms with Gasteiger partial charge in [-0.05, 0) is 36.0 Å². The van der Waals surface area contributed by atoms with Gasteiger partial charge in [0.1, 0.15) is 0 Å². The molecule has 0 aromatic heterocycles. The SMILES string of the molecule is C/C(=C/C(C)O)c1ccc(C(C)(C)C)cc1. The number of hydrogen-bond acceptors (Lipinski definition) is 1. The summed E-state index contributed by atoms with van der Waals surface area (Å²) >= 11 is 0. The third-order valence-corrected chi connectivity index (χ3v) is 2.70. The Hall–Kier alpha value is -1.08. The largest absolute Gasteiger partial charge is 0.389 e. The van der Waals surface area contributed by atoms with Gasteiger partial charge in [0.2, 0.25) is 0 Å². The molecule has 1 N–H and O–H groups in total. The van der Waals surface area contributed by atoms with Gasteiger partial charge in [0.05, 0.1) is 6.10 Å². The van der Waals surface area contributed by atoms with Gasteiger partial charge in [-0.3, -0.25) is 0 Å². The Morgan fingerprint density at radius 3 is 2.06 bits per heavy atom. The summed E-state index contributed by atoms with van der Waals surface area (Å²) in [4.78, 5) is 0. The lowest BCUT2D eigenvalue weighted by molar-refractivity contribution is 0.244. The third-order valence-electron chi connectivity index (χ3n) is 2.70. The topological polar surface area (TPSA) is 20.2 Å². The molecule has 0 spiro atoms. The van der Waals surface area contributed by atoms with E-state index in [2.05, 4.69) is 45.0 Å². The average molecular weight is 218 g/mol. The van der Waals surface area contributed by atoms with Crippen LogP contribution in [0.25, 0.3) is 5.57 Å². The van der Waals surface area contributed by atoms with E-state index in [0.29, 0.717) is 0 Å². The summed E-state index contributed by atoms with van der Waals surface area (Å²) in [6.07, 6.45) is 1.48. The zero-order valence-corrected chi connectivity index (χ0v) is 10.9. The molecule has 0 saturated carbocycles. The number of rotatable bonds is 2. The van der Waals surface area contributed by atoms with E-state index in [-0.39, 0.29) is 11.5 Å². The molecular formula is C15H22O. The van der Waals surface area contributed by atoms with Gasteiger partial charge in [-0.2, -0.15) is 0 Å². The standard InChI is InChI=1S/C15H22O/c1-11(10-12(2)16)13-6-8-14(9-7-13)15(3,4)5/h6-10,12,16H,1-5H3/b11-10-. The third kappa shape index (κ3) is 3.49. The van der Waals surface area contributed by atoms with E-state index < -0.39 is 0 Å². The minimum absolute atomic E-state index is 0.195. The highest BCUT2D eigenvalue weighted by Crippen LogP contribution is 2.24. The summed E-state index contributed by atoms with van der Waals surface area (Å²) in [6, 6.07) is 8.56. The fraction of sp³-hybridized carbons (Fsp3) is 0.467. The molecule has 0 bridgehead atoms. The first-order valence-electron chi connectivity index (χ1n) is 5.78. The van der Waals surface area contributed by atoms with Crippen LogP contribution >= 0.6 is 0 Å². The lowest BCUT2D eigenvalue weighted by atomic mass is 9.86. The quantitative estimate of drug-likeness (QED) is 0.801. The molecule has 0 fully saturated rings. The molecule has 0 radical (unpaired) electrons. The summed E-state index contributed by atoms with van der Waals surface area (Å²) in [5.74, 6) is 0. The first-order valence-corrected chi connectivity index (χ1v) is 5.78. The van der Waals surface area contributed by atoms with E-state index in [4.69, 9.17) is 0 Å². The van der Waals surface area contributed by atoms with Crippen LogP contribution < -0.4 is 0 Å². The molecule has 0 amide bonds. The Kier molecular flexibility index (Phi) is 3.93. The molecule has 0 aliphatic heterocycles. The molecule has 1 aromatic rings. The number of aliphatic hydroxyl groups is 1. The van der Waals surface area contributed by atoms with E-state index in [1.54, 1.807) is 6.92 Å². The maximum atomic E-state index is 9.29. The van der Waals surface area contributed by atoms with Gasteiger partial charge in [0, 0.05) is 0 Å². The van der Waals surface area contributed by atoms with Crippen LogP contribution in [0.5, 0.6) is 0 Å². The monoisotopic (exact) mass is 218 g/mol. The minimum Gasteiger partial charge on any atom is -0.389 e. The fourth-order valence-electron chi connectivity index (χ4n) is 1.69. The Morgan fingerprint density at radius 1 is 1.19 bits per heavy atom. The predicted octanol–water partition coefficient (Wildman–Crippen LogP) is 3.77. The van der Waals surface area contributed by atoms with Crippen LogP contribution in [0.3, 0.4) is 0 Å². The van der Waals surface area contributed by atoms with Crippen molar-refractivity contribution >= 4 is 5.57 Å². The van der Waals surface area contributed by atoms with Crippen LogP contribution in [0.4, 0.5) is 0 Å². The molecule has 1 rings (SSSR count). The second-order valence-corrected chi connectivity index (χ2v) is 5.42. The molecule has 1 heteroatoms. The van der Waals surface area contributed by atoms with Crippen LogP contribution in [0.1, 0.15) is 45.7 Å². The van der Waals surface area contributed by atoms with E-state index in [9.17, 15) is 5.11 Å². The molecule has 0 aliphatic rings. The summed E-state index contributed by atoms with van der Waals surface area (Å²) in [5.41, 5.74) is 3.82. The smallest absolute Gasteiger partial charge is 0.0698 e. The van der Waals surface area contributed by atoms with E-state index in [0.717, 1.165) is 5.57 Å². The molecule has 1 nitrogen and oxygen atoms in total. The minimum atomic E-state index is -0.387.